The van der Waals surface area contributed by atoms with Gasteiger partial charge in [-0.15, -0.1) is 29.9 Å². The van der Waals surface area contributed by atoms with E-state index in [1.54, 1.807) is 0 Å². The van der Waals surface area contributed by atoms with E-state index in [9.17, 15) is 53.6 Å². The number of phenolic OH excluding ortho intramolecular Hbond substituents is 4. The molecule has 5 aromatic carbocycles. The molecule has 24 heteroatoms. The van der Waals surface area contributed by atoms with Gasteiger partial charge >= 0.3 is 5.69 Å². The standard InChI is InChI=1S/C29H20N8O14S2/c1-13-6-21(28(40)22(7-13)37(44)45)34-32-19-11-18(23(38)12-24(19)39)31-33-20-10-17(53(47,48)49)8-14-9-25(52-51-50-46)27(29(41)26(14)20)35-30-15-2-4-16(5-3-15)36(42)43/h2-12,38-41,46H,1H3,(H,47,48,49). The topological polar surface area (TPSA) is 334 Å². The molecule has 0 spiro atoms. The fourth-order valence-corrected chi connectivity index (χ4v) is 5.55. The van der Waals surface area contributed by atoms with E-state index in [0.29, 0.717) is 17.6 Å². The van der Waals surface area contributed by atoms with Crippen molar-refractivity contribution in [1.29, 1.82) is 0 Å². The molecular formula is C29H20N8O14S2. The Morgan fingerprint density at radius 3 is 1.92 bits per heavy atom. The normalized spacial score (nSPS) is 12.1. The van der Waals surface area contributed by atoms with Gasteiger partial charge in [0.1, 0.15) is 34.2 Å². The summed E-state index contributed by atoms with van der Waals surface area (Å²) in [7, 11) is -4.93. The summed E-state index contributed by atoms with van der Waals surface area (Å²) in [4.78, 5) is 19.9. The Hall–Kier alpha value is -6.70. The van der Waals surface area contributed by atoms with Crippen molar-refractivity contribution < 1.29 is 57.9 Å². The first-order valence-corrected chi connectivity index (χ1v) is 16.2. The molecule has 5 aromatic rings. The average Bonchev–Trinajstić information content (AvgIpc) is 3.10. The molecule has 0 unspecified atom stereocenters. The van der Waals surface area contributed by atoms with Gasteiger partial charge in [-0.25, -0.2) is 5.26 Å². The van der Waals surface area contributed by atoms with Crippen LogP contribution in [0.2, 0.25) is 0 Å². The summed E-state index contributed by atoms with van der Waals surface area (Å²) in [6.07, 6.45) is 0. The highest BCUT2D eigenvalue weighted by molar-refractivity contribution is 7.94. The molecule has 0 radical (unpaired) electrons. The van der Waals surface area contributed by atoms with Crippen LogP contribution in [0.3, 0.4) is 0 Å². The van der Waals surface area contributed by atoms with E-state index in [1.807, 2.05) is 0 Å². The highest BCUT2D eigenvalue weighted by Crippen LogP contribution is 2.49. The highest BCUT2D eigenvalue weighted by Gasteiger charge is 2.22. The molecule has 53 heavy (non-hydrogen) atoms. The molecule has 0 amide bonds. The third kappa shape index (κ3) is 8.44. The first kappa shape index (κ1) is 37.6. The molecule has 0 fully saturated rings. The lowest BCUT2D eigenvalue weighted by Gasteiger charge is -2.12. The Labute approximate surface area is 298 Å². The minimum Gasteiger partial charge on any atom is -0.505 e. The summed E-state index contributed by atoms with van der Waals surface area (Å²) in [5, 5.41) is 100. The first-order chi connectivity index (χ1) is 25.1. The van der Waals surface area contributed by atoms with Crippen molar-refractivity contribution in [3.8, 4) is 23.0 Å². The summed E-state index contributed by atoms with van der Waals surface area (Å²) in [5.41, 5.74) is -2.37. The maximum absolute atomic E-state index is 12.2. The molecule has 0 aromatic heterocycles. The maximum Gasteiger partial charge on any atom is 0.313 e. The van der Waals surface area contributed by atoms with Gasteiger partial charge in [-0.3, -0.25) is 24.8 Å². The number of fused-ring (bicyclic) bond motifs is 1. The zero-order chi connectivity index (χ0) is 38.6. The van der Waals surface area contributed by atoms with Gasteiger partial charge in [0, 0.05) is 30.3 Å². The van der Waals surface area contributed by atoms with Crippen molar-refractivity contribution in [2.24, 2.45) is 30.7 Å². The number of rotatable bonds is 12. The summed E-state index contributed by atoms with van der Waals surface area (Å²) >= 11 is 0.292. The van der Waals surface area contributed by atoms with Gasteiger partial charge in [0.25, 0.3) is 15.8 Å². The van der Waals surface area contributed by atoms with Crippen LogP contribution in [0, 0.1) is 27.2 Å². The lowest BCUT2D eigenvalue weighted by Crippen LogP contribution is -1.98. The number of azo groups is 3. The van der Waals surface area contributed by atoms with Crippen molar-refractivity contribution >= 4 is 78.4 Å². The van der Waals surface area contributed by atoms with Gasteiger partial charge in [-0.2, -0.15) is 13.5 Å². The van der Waals surface area contributed by atoms with Gasteiger partial charge in [0.15, 0.2) is 5.75 Å². The van der Waals surface area contributed by atoms with E-state index in [2.05, 4.69) is 40.1 Å². The van der Waals surface area contributed by atoms with Crippen LogP contribution in [0.1, 0.15) is 5.56 Å². The Morgan fingerprint density at radius 1 is 0.717 bits per heavy atom. The number of benzene rings is 5. The first-order valence-electron chi connectivity index (χ1n) is 14.1. The zero-order valence-electron chi connectivity index (χ0n) is 26.2. The molecule has 0 heterocycles. The fourth-order valence-electron chi connectivity index (χ4n) is 4.51. The average molecular weight is 769 g/mol. The third-order valence-electron chi connectivity index (χ3n) is 6.89. The second kappa shape index (κ2) is 15.3. The van der Waals surface area contributed by atoms with Gasteiger partial charge in [-0.1, -0.05) is 5.04 Å². The van der Waals surface area contributed by atoms with Crippen molar-refractivity contribution in [3.63, 3.8) is 0 Å². The molecule has 0 aliphatic carbocycles. The number of hydrogen-bond acceptors (Lipinski definition) is 20. The van der Waals surface area contributed by atoms with Gasteiger partial charge in [-0.05, 0) is 54.3 Å². The van der Waals surface area contributed by atoms with Crippen LogP contribution >= 0.6 is 12.0 Å². The molecule has 0 aliphatic rings. The van der Waals surface area contributed by atoms with Crippen LogP contribution in [0.25, 0.3) is 10.8 Å². The van der Waals surface area contributed by atoms with Crippen molar-refractivity contribution in [2.45, 2.75) is 16.7 Å². The number of aryl methyl sites for hydroxylation is 1. The van der Waals surface area contributed by atoms with E-state index in [-0.39, 0.29) is 44.1 Å². The number of nitrogens with zero attached hydrogens (tertiary/aromatic N) is 8. The van der Waals surface area contributed by atoms with Crippen LogP contribution in [0.4, 0.5) is 45.5 Å². The number of aromatic hydroxyl groups is 4. The Morgan fingerprint density at radius 2 is 1.34 bits per heavy atom. The number of nitro groups is 2. The number of hydrogen-bond donors (Lipinski definition) is 6. The van der Waals surface area contributed by atoms with Crippen LogP contribution in [-0.4, -0.2) is 48.5 Å². The van der Waals surface area contributed by atoms with E-state index in [0.717, 1.165) is 42.5 Å². The maximum atomic E-state index is 12.2. The molecule has 0 aliphatic heterocycles. The monoisotopic (exact) mass is 768 g/mol. The van der Waals surface area contributed by atoms with Crippen LogP contribution in [0.15, 0.2) is 107 Å². The summed E-state index contributed by atoms with van der Waals surface area (Å²) in [6, 6.07) is 11.8. The summed E-state index contributed by atoms with van der Waals surface area (Å²) in [5.74, 6) is -2.87. The van der Waals surface area contributed by atoms with Crippen LogP contribution in [0.5, 0.6) is 23.0 Å². The Balaban J connectivity index is 1.64. The fraction of sp³-hybridized carbons (Fsp3) is 0.0345. The second-order valence-corrected chi connectivity index (χ2v) is 12.6. The number of phenols is 4. The molecule has 22 nitrogen and oxygen atoms in total. The van der Waals surface area contributed by atoms with Crippen LogP contribution < -0.4 is 0 Å². The molecule has 6 N–H and O–H groups in total. The SMILES string of the molecule is Cc1cc(N=Nc2cc(N=Nc3cc(S(=O)(=O)O)cc4cc(SOOO)c(N=Nc5ccc([N+](=O)[O-])cc5)c(O)c34)c(O)cc2O)c(O)c([N+](=O)[O-])c1. The van der Waals surface area contributed by atoms with Gasteiger partial charge in [0.05, 0.1) is 48.4 Å². The van der Waals surface area contributed by atoms with Gasteiger partial charge < -0.3 is 20.4 Å². The van der Waals surface area contributed by atoms with E-state index in [1.165, 1.54) is 31.2 Å². The lowest BCUT2D eigenvalue weighted by molar-refractivity contribution is -0.432. The van der Waals surface area contributed by atoms with Crippen molar-refractivity contribution in [1.82, 2.24) is 0 Å². The third-order valence-corrected chi connectivity index (χ3v) is 8.35. The molecule has 0 saturated heterocycles. The minimum atomic E-state index is -4.93. The molecule has 272 valence electrons. The molecule has 0 bridgehead atoms. The van der Waals surface area contributed by atoms with E-state index < -0.39 is 64.9 Å². The second-order valence-electron chi connectivity index (χ2n) is 10.4. The number of nitro benzene ring substituents is 2. The molecule has 0 atom stereocenters. The minimum absolute atomic E-state index is 0.0959. The number of non-ortho nitro benzene ring substituents is 1. The predicted octanol–water partition coefficient (Wildman–Crippen LogP) is 8.71. The Kier molecular flexibility index (Phi) is 10.8. The smallest absolute Gasteiger partial charge is 0.313 e. The largest absolute Gasteiger partial charge is 0.505 e. The van der Waals surface area contributed by atoms with E-state index in [4.69, 9.17) is 5.26 Å². The van der Waals surface area contributed by atoms with Gasteiger partial charge in [0.2, 0.25) is 5.75 Å². The summed E-state index contributed by atoms with van der Waals surface area (Å²) < 4.78 is 38.7. The zero-order valence-corrected chi connectivity index (χ0v) is 27.8. The molecule has 5 rings (SSSR count). The predicted molar refractivity (Wildman–Crippen MR) is 181 cm³/mol. The van der Waals surface area contributed by atoms with Crippen molar-refractivity contribution in [3.05, 3.63) is 92.5 Å². The van der Waals surface area contributed by atoms with Crippen molar-refractivity contribution in [2.75, 3.05) is 0 Å². The lowest BCUT2D eigenvalue weighted by atomic mass is 10.1. The summed E-state index contributed by atoms with van der Waals surface area (Å²) in [6.45, 7) is 1.50. The highest BCUT2D eigenvalue weighted by atomic mass is 32.2. The molecular weight excluding hydrogens is 748 g/mol. The van der Waals surface area contributed by atoms with Crippen LogP contribution in [-0.2, 0) is 19.5 Å². The quantitative estimate of drug-likeness (QED) is 0.0172. The van der Waals surface area contributed by atoms with E-state index >= 15 is 0 Å². The Bertz CT molecular complexity index is 2500. The molecule has 0 saturated carbocycles.